The van der Waals surface area contributed by atoms with Crippen LogP contribution in [0.25, 0.3) is 0 Å². The lowest BCUT2D eigenvalue weighted by atomic mass is 10.1. The van der Waals surface area contributed by atoms with Gasteiger partial charge in [0.25, 0.3) is 0 Å². The Morgan fingerprint density at radius 3 is 2.58 bits per heavy atom. The van der Waals surface area contributed by atoms with Crippen molar-refractivity contribution in [2.24, 2.45) is 5.73 Å². The Bertz CT molecular complexity index is 346. The van der Waals surface area contributed by atoms with Crippen LogP contribution in [-0.2, 0) is 14.4 Å². The first kappa shape index (κ1) is 15.4. The van der Waals surface area contributed by atoms with E-state index in [0.717, 1.165) is 12.8 Å². The second-order valence-corrected chi connectivity index (χ2v) is 4.84. The fourth-order valence-electron chi connectivity index (χ4n) is 1.87. The quantitative estimate of drug-likeness (QED) is 0.434. The Balaban J connectivity index is 2.54. The first-order chi connectivity index (χ1) is 8.99. The lowest BCUT2D eigenvalue weighted by molar-refractivity contribution is -0.127. The van der Waals surface area contributed by atoms with Crippen LogP contribution in [0, 0.1) is 0 Å². The molecule has 1 heterocycles. The summed E-state index contributed by atoms with van der Waals surface area (Å²) in [5.74, 6) is -0.722. The highest BCUT2D eigenvalue weighted by Gasteiger charge is 2.16. The smallest absolute Gasteiger partial charge is 0.239 e. The highest BCUT2D eigenvalue weighted by Crippen LogP contribution is 1.99. The van der Waals surface area contributed by atoms with E-state index < -0.39 is 6.04 Å². The largest absolute Gasteiger partial charge is 0.356 e. The van der Waals surface area contributed by atoms with Crippen molar-refractivity contribution in [3.63, 3.8) is 0 Å². The second-order valence-electron chi connectivity index (χ2n) is 4.84. The van der Waals surface area contributed by atoms with Crippen LogP contribution >= 0.6 is 0 Å². The van der Waals surface area contributed by atoms with Gasteiger partial charge in [-0.15, -0.1) is 0 Å². The molecule has 0 aromatic heterocycles. The second kappa shape index (κ2) is 7.73. The molecule has 2 atom stereocenters. The van der Waals surface area contributed by atoms with Crippen molar-refractivity contribution >= 4 is 17.7 Å². The van der Waals surface area contributed by atoms with E-state index in [9.17, 15) is 14.4 Å². The van der Waals surface area contributed by atoms with Crippen LogP contribution < -0.4 is 21.7 Å². The molecule has 108 valence electrons. The van der Waals surface area contributed by atoms with Gasteiger partial charge in [0.1, 0.15) is 0 Å². The minimum Gasteiger partial charge on any atom is -0.356 e. The van der Waals surface area contributed by atoms with Gasteiger partial charge >= 0.3 is 0 Å². The van der Waals surface area contributed by atoms with E-state index in [1.807, 2.05) is 0 Å². The normalized spacial score (nSPS) is 27.8. The highest BCUT2D eigenvalue weighted by molar-refractivity contribution is 5.87. The molecular formula is C12H22N4O3. The van der Waals surface area contributed by atoms with Crippen molar-refractivity contribution < 1.29 is 14.4 Å². The maximum absolute atomic E-state index is 11.6. The fraction of sp³-hybridized carbons (Fsp3) is 0.750. The average Bonchev–Trinajstić information content (AvgIpc) is 2.33. The summed E-state index contributed by atoms with van der Waals surface area (Å²) in [6.45, 7) is 2.20. The standard InChI is InChI=1S/C12H22N4O3/c1-8-6-10(17)14-5-3-2-4-9(13)12(19)15-7-11(18)16-8/h8-9H,2-7,13H2,1H3,(H,14,17)(H,15,19)(H,16,18). The van der Waals surface area contributed by atoms with Crippen LogP contribution in [0.15, 0.2) is 0 Å². The molecule has 5 N–H and O–H groups in total. The number of hydrogen-bond donors (Lipinski definition) is 4. The third-order valence-corrected chi connectivity index (χ3v) is 2.92. The predicted molar refractivity (Wildman–Crippen MR) is 70.1 cm³/mol. The third-order valence-electron chi connectivity index (χ3n) is 2.92. The molecule has 0 aromatic rings. The van der Waals surface area contributed by atoms with E-state index in [1.54, 1.807) is 6.92 Å². The summed E-state index contributed by atoms with van der Waals surface area (Å²) in [5.41, 5.74) is 5.70. The van der Waals surface area contributed by atoms with Gasteiger partial charge in [-0.25, -0.2) is 0 Å². The molecule has 0 bridgehead atoms. The molecule has 7 nitrogen and oxygen atoms in total. The summed E-state index contributed by atoms with van der Waals surface area (Å²) < 4.78 is 0. The number of carbonyl (C=O) groups excluding carboxylic acids is 3. The summed E-state index contributed by atoms with van der Waals surface area (Å²) in [6.07, 6.45) is 2.32. The van der Waals surface area contributed by atoms with Gasteiger partial charge < -0.3 is 21.7 Å². The summed E-state index contributed by atoms with van der Waals surface area (Å²) in [6, 6.07) is -0.870. The van der Waals surface area contributed by atoms with Crippen molar-refractivity contribution in [2.75, 3.05) is 13.1 Å². The van der Waals surface area contributed by atoms with Crippen LogP contribution in [0.3, 0.4) is 0 Å². The molecule has 1 saturated heterocycles. The number of amides is 3. The first-order valence-electron chi connectivity index (χ1n) is 6.58. The summed E-state index contributed by atoms with van der Waals surface area (Å²) in [4.78, 5) is 34.6. The van der Waals surface area contributed by atoms with E-state index in [2.05, 4.69) is 16.0 Å². The molecule has 0 saturated carbocycles. The van der Waals surface area contributed by atoms with Gasteiger partial charge in [0, 0.05) is 19.0 Å². The lowest BCUT2D eigenvalue weighted by Gasteiger charge is -2.17. The molecule has 1 fully saturated rings. The molecule has 0 aliphatic carbocycles. The fourth-order valence-corrected chi connectivity index (χ4v) is 1.87. The molecule has 1 rings (SSSR count). The zero-order valence-corrected chi connectivity index (χ0v) is 11.2. The van der Waals surface area contributed by atoms with E-state index in [4.69, 9.17) is 5.73 Å². The Hall–Kier alpha value is -1.63. The highest BCUT2D eigenvalue weighted by atomic mass is 16.2. The number of nitrogens with two attached hydrogens (primary N) is 1. The topological polar surface area (TPSA) is 113 Å². The van der Waals surface area contributed by atoms with Crippen molar-refractivity contribution in [1.82, 2.24) is 16.0 Å². The van der Waals surface area contributed by atoms with Gasteiger partial charge in [-0.2, -0.15) is 0 Å². The predicted octanol–water partition coefficient (Wildman–Crippen LogP) is -1.38. The van der Waals surface area contributed by atoms with Crippen molar-refractivity contribution in [1.29, 1.82) is 0 Å². The number of hydrogen-bond acceptors (Lipinski definition) is 4. The van der Waals surface area contributed by atoms with Crippen LogP contribution in [-0.4, -0.2) is 42.9 Å². The van der Waals surface area contributed by atoms with Crippen molar-refractivity contribution in [2.45, 2.75) is 44.7 Å². The molecule has 1 aliphatic rings. The maximum Gasteiger partial charge on any atom is 0.239 e. The van der Waals surface area contributed by atoms with Gasteiger partial charge in [-0.05, 0) is 26.2 Å². The zero-order chi connectivity index (χ0) is 14.3. The number of carbonyl (C=O) groups is 3. The summed E-state index contributed by atoms with van der Waals surface area (Å²) >= 11 is 0. The first-order valence-corrected chi connectivity index (χ1v) is 6.58. The molecule has 3 amide bonds. The monoisotopic (exact) mass is 270 g/mol. The van der Waals surface area contributed by atoms with Crippen LogP contribution in [0.5, 0.6) is 0 Å². The van der Waals surface area contributed by atoms with Crippen LogP contribution in [0.2, 0.25) is 0 Å². The van der Waals surface area contributed by atoms with Crippen LogP contribution in [0.1, 0.15) is 32.6 Å². The van der Waals surface area contributed by atoms with Crippen LogP contribution in [0.4, 0.5) is 0 Å². The van der Waals surface area contributed by atoms with Gasteiger partial charge in [0.15, 0.2) is 0 Å². The van der Waals surface area contributed by atoms with Crippen molar-refractivity contribution in [3.8, 4) is 0 Å². The van der Waals surface area contributed by atoms with Gasteiger partial charge in [-0.3, -0.25) is 14.4 Å². The Morgan fingerprint density at radius 2 is 1.84 bits per heavy atom. The van der Waals surface area contributed by atoms with E-state index in [-0.39, 0.29) is 36.7 Å². The molecular weight excluding hydrogens is 248 g/mol. The van der Waals surface area contributed by atoms with Gasteiger partial charge in [0.05, 0.1) is 12.6 Å². The van der Waals surface area contributed by atoms with E-state index >= 15 is 0 Å². The van der Waals surface area contributed by atoms with Gasteiger partial charge in [-0.1, -0.05) is 0 Å². The molecule has 0 spiro atoms. The van der Waals surface area contributed by atoms with Crippen molar-refractivity contribution in [3.05, 3.63) is 0 Å². The molecule has 2 unspecified atom stereocenters. The SMILES string of the molecule is CC1CC(=O)NCCCCC(N)C(=O)NCC(=O)N1. The summed E-state index contributed by atoms with van der Waals surface area (Å²) in [5, 5.41) is 7.91. The minimum atomic E-state index is -0.608. The molecule has 7 heteroatoms. The van der Waals surface area contributed by atoms with E-state index in [0.29, 0.717) is 13.0 Å². The Labute approximate surface area is 112 Å². The minimum absolute atomic E-state index is 0.0850. The molecule has 0 radical (unpaired) electrons. The zero-order valence-electron chi connectivity index (χ0n) is 11.2. The Morgan fingerprint density at radius 1 is 1.11 bits per heavy atom. The lowest BCUT2D eigenvalue weighted by Crippen LogP contribution is -2.47. The molecule has 19 heavy (non-hydrogen) atoms. The third kappa shape index (κ3) is 6.19. The summed E-state index contributed by atoms with van der Waals surface area (Å²) in [7, 11) is 0. The molecule has 0 aromatic carbocycles. The number of rotatable bonds is 0. The number of nitrogens with one attached hydrogen (secondary N) is 3. The Kier molecular flexibility index (Phi) is 6.27. The average molecular weight is 270 g/mol. The maximum atomic E-state index is 11.6. The van der Waals surface area contributed by atoms with Gasteiger partial charge in [0.2, 0.25) is 17.7 Å². The van der Waals surface area contributed by atoms with E-state index in [1.165, 1.54) is 0 Å². The molecule has 1 aliphatic heterocycles.